The minimum atomic E-state index is -0.233. The van der Waals surface area contributed by atoms with Crippen LogP contribution < -0.4 is 0 Å². The molecule has 0 aliphatic carbocycles. The topological polar surface area (TPSA) is 64.6 Å². The molecule has 2 aliphatic rings. The SMILES string of the molecule is O=C(c1ccncn1)N1CC2(CC(CCOCc3ccccc3F)CO2)C1. The highest BCUT2D eigenvalue weighted by molar-refractivity contribution is 5.92. The van der Waals surface area contributed by atoms with Crippen molar-refractivity contribution in [2.24, 2.45) is 5.92 Å². The number of rotatable bonds is 6. The molecule has 142 valence electrons. The van der Waals surface area contributed by atoms with Crippen LogP contribution in [0, 0.1) is 11.7 Å². The Bertz CT molecular complexity index is 796. The normalized spacial score (nSPS) is 20.6. The van der Waals surface area contributed by atoms with Gasteiger partial charge in [0.25, 0.3) is 5.91 Å². The molecule has 1 unspecified atom stereocenters. The number of likely N-dealkylation sites (tertiary alicyclic amines) is 1. The zero-order valence-electron chi connectivity index (χ0n) is 15.0. The summed E-state index contributed by atoms with van der Waals surface area (Å²) in [6, 6.07) is 8.28. The van der Waals surface area contributed by atoms with Crippen molar-refractivity contribution in [3.05, 3.63) is 59.9 Å². The Kier molecular flexibility index (Phi) is 5.13. The zero-order valence-corrected chi connectivity index (χ0v) is 15.0. The predicted octanol–water partition coefficient (Wildman–Crippen LogP) is 2.45. The number of ether oxygens (including phenoxy) is 2. The Morgan fingerprint density at radius 2 is 2.19 bits per heavy atom. The molecule has 1 aromatic carbocycles. The van der Waals surface area contributed by atoms with E-state index in [1.807, 2.05) is 0 Å². The van der Waals surface area contributed by atoms with Gasteiger partial charge in [0.1, 0.15) is 23.4 Å². The lowest BCUT2D eigenvalue weighted by Gasteiger charge is -2.47. The third-order valence-corrected chi connectivity index (χ3v) is 5.22. The van der Waals surface area contributed by atoms with Gasteiger partial charge in [0.05, 0.1) is 26.3 Å². The Morgan fingerprint density at radius 1 is 1.33 bits per heavy atom. The van der Waals surface area contributed by atoms with E-state index < -0.39 is 0 Å². The van der Waals surface area contributed by atoms with Crippen LogP contribution in [0.15, 0.2) is 42.9 Å². The Labute approximate surface area is 157 Å². The first-order valence-electron chi connectivity index (χ1n) is 9.16. The minimum absolute atomic E-state index is 0.0803. The third kappa shape index (κ3) is 3.99. The van der Waals surface area contributed by atoms with Gasteiger partial charge in [0, 0.05) is 18.4 Å². The third-order valence-electron chi connectivity index (χ3n) is 5.22. The highest BCUT2D eigenvalue weighted by atomic mass is 19.1. The number of hydrogen-bond acceptors (Lipinski definition) is 5. The van der Waals surface area contributed by atoms with Gasteiger partial charge in [-0.1, -0.05) is 18.2 Å². The number of amides is 1. The number of halogens is 1. The maximum Gasteiger partial charge on any atom is 0.272 e. The molecule has 1 spiro atoms. The fraction of sp³-hybridized carbons (Fsp3) is 0.450. The molecule has 0 N–H and O–H groups in total. The summed E-state index contributed by atoms with van der Waals surface area (Å²) in [4.78, 5) is 22.0. The number of hydrogen-bond donors (Lipinski definition) is 0. The average molecular weight is 371 g/mol. The molecule has 3 heterocycles. The summed E-state index contributed by atoms with van der Waals surface area (Å²) in [5.74, 6) is 0.0915. The molecule has 0 radical (unpaired) electrons. The summed E-state index contributed by atoms with van der Waals surface area (Å²) in [5.41, 5.74) is 0.768. The van der Waals surface area contributed by atoms with E-state index in [1.165, 1.54) is 12.4 Å². The van der Waals surface area contributed by atoms with Gasteiger partial charge in [-0.25, -0.2) is 14.4 Å². The molecule has 0 saturated carbocycles. The van der Waals surface area contributed by atoms with Crippen LogP contribution in [0.2, 0.25) is 0 Å². The average Bonchev–Trinajstić information content (AvgIpc) is 3.10. The van der Waals surface area contributed by atoms with Gasteiger partial charge >= 0.3 is 0 Å². The zero-order chi connectivity index (χ0) is 18.7. The summed E-state index contributed by atoms with van der Waals surface area (Å²) < 4.78 is 25.2. The van der Waals surface area contributed by atoms with Crippen LogP contribution in [0.4, 0.5) is 4.39 Å². The van der Waals surface area contributed by atoms with Crippen LogP contribution in [0.25, 0.3) is 0 Å². The second-order valence-corrected chi connectivity index (χ2v) is 7.25. The number of benzene rings is 1. The predicted molar refractivity (Wildman–Crippen MR) is 95.4 cm³/mol. The molecule has 1 aromatic heterocycles. The first-order chi connectivity index (χ1) is 13.2. The Hall–Kier alpha value is -2.38. The van der Waals surface area contributed by atoms with Gasteiger partial charge in [0.2, 0.25) is 0 Å². The minimum Gasteiger partial charge on any atom is -0.377 e. The summed E-state index contributed by atoms with van der Waals surface area (Å²) in [5, 5.41) is 0. The first kappa shape index (κ1) is 18.0. The Balaban J connectivity index is 1.19. The summed E-state index contributed by atoms with van der Waals surface area (Å²) in [6.45, 7) is 2.73. The molecule has 2 fully saturated rings. The molecular weight excluding hydrogens is 349 g/mol. The van der Waals surface area contributed by atoms with E-state index in [1.54, 1.807) is 35.4 Å². The fourth-order valence-corrected chi connectivity index (χ4v) is 3.76. The van der Waals surface area contributed by atoms with E-state index in [-0.39, 0.29) is 23.9 Å². The van der Waals surface area contributed by atoms with Crippen molar-refractivity contribution in [3.8, 4) is 0 Å². The highest BCUT2D eigenvalue weighted by Crippen LogP contribution is 2.39. The second-order valence-electron chi connectivity index (χ2n) is 7.25. The van der Waals surface area contributed by atoms with E-state index in [9.17, 15) is 9.18 Å². The smallest absolute Gasteiger partial charge is 0.272 e. The summed E-state index contributed by atoms with van der Waals surface area (Å²) in [7, 11) is 0. The van der Waals surface area contributed by atoms with Crippen LogP contribution in [-0.4, -0.2) is 52.7 Å². The Morgan fingerprint density at radius 3 is 2.96 bits per heavy atom. The molecule has 1 amide bonds. The fourth-order valence-electron chi connectivity index (χ4n) is 3.76. The molecule has 6 nitrogen and oxygen atoms in total. The molecule has 2 aromatic rings. The quantitative estimate of drug-likeness (QED) is 0.730. The van der Waals surface area contributed by atoms with Gasteiger partial charge in [-0.3, -0.25) is 4.79 Å². The standard InChI is InChI=1S/C20H22FN3O3/c21-17-4-2-1-3-16(17)11-26-8-6-15-9-20(27-10-15)12-24(13-20)19(25)18-5-7-22-14-23-18/h1-5,7,14-15H,6,8-13H2. The van der Waals surface area contributed by atoms with Crippen molar-refractivity contribution in [3.63, 3.8) is 0 Å². The van der Waals surface area contributed by atoms with Crippen molar-refractivity contribution in [1.29, 1.82) is 0 Å². The van der Waals surface area contributed by atoms with Gasteiger partial charge in [-0.05, 0) is 30.9 Å². The number of carbonyl (C=O) groups excluding carboxylic acids is 1. The van der Waals surface area contributed by atoms with Crippen molar-refractivity contribution in [2.75, 3.05) is 26.3 Å². The van der Waals surface area contributed by atoms with Crippen LogP contribution in [-0.2, 0) is 16.1 Å². The maximum atomic E-state index is 13.6. The first-order valence-corrected chi connectivity index (χ1v) is 9.16. The molecule has 27 heavy (non-hydrogen) atoms. The molecular formula is C20H22FN3O3. The molecule has 2 saturated heterocycles. The lowest BCUT2D eigenvalue weighted by molar-refractivity contribution is -0.0952. The lowest BCUT2D eigenvalue weighted by Crippen LogP contribution is -2.63. The van der Waals surface area contributed by atoms with Crippen molar-refractivity contribution < 1.29 is 18.7 Å². The second kappa shape index (κ2) is 7.70. The number of carbonyl (C=O) groups is 1. The van der Waals surface area contributed by atoms with Gasteiger partial charge in [-0.15, -0.1) is 0 Å². The monoisotopic (exact) mass is 371 g/mol. The molecule has 2 aliphatic heterocycles. The van der Waals surface area contributed by atoms with Crippen molar-refractivity contribution in [2.45, 2.75) is 25.0 Å². The van der Waals surface area contributed by atoms with Crippen LogP contribution >= 0.6 is 0 Å². The van der Waals surface area contributed by atoms with E-state index in [0.717, 1.165) is 12.8 Å². The van der Waals surface area contributed by atoms with Gasteiger partial charge in [-0.2, -0.15) is 0 Å². The largest absolute Gasteiger partial charge is 0.377 e. The van der Waals surface area contributed by atoms with Crippen LogP contribution in [0.1, 0.15) is 28.9 Å². The molecule has 0 bridgehead atoms. The maximum absolute atomic E-state index is 13.6. The van der Waals surface area contributed by atoms with Gasteiger partial charge in [0.15, 0.2) is 0 Å². The van der Waals surface area contributed by atoms with Crippen LogP contribution in [0.3, 0.4) is 0 Å². The van der Waals surface area contributed by atoms with E-state index in [0.29, 0.717) is 43.5 Å². The summed E-state index contributed by atoms with van der Waals surface area (Å²) in [6.07, 6.45) is 4.74. The lowest BCUT2D eigenvalue weighted by atomic mass is 9.86. The molecule has 4 rings (SSSR count). The molecule has 1 atom stereocenters. The van der Waals surface area contributed by atoms with E-state index >= 15 is 0 Å². The van der Waals surface area contributed by atoms with Gasteiger partial charge < -0.3 is 14.4 Å². The van der Waals surface area contributed by atoms with Crippen LogP contribution in [0.5, 0.6) is 0 Å². The number of nitrogens with zero attached hydrogens (tertiary/aromatic N) is 3. The highest BCUT2D eigenvalue weighted by Gasteiger charge is 2.51. The molecule has 7 heteroatoms. The number of aromatic nitrogens is 2. The van der Waals surface area contributed by atoms with E-state index in [2.05, 4.69) is 9.97 Å². The van der Waals surface area contributed by atoms with Crippen molar-refractivity contribution >= 4 is 5.91 Å². The van der Waals surface area contributed by atoms with E-state index in [4.69, 9.17) is 9.47 Å². The van der Waals surface area contributed by atoms with Crippen molar-refractivity contribution in [1.82, 2.24) is 14.9 Å². The summed E-state index contributed by atoms with van der Waals surface area (Å²) >= 11 is 0.